The zero-order valence-corrected chi connectivity index (χ0v) is 13.5. The van der Waals surface area contributed by atoms with Crippen LogP contribution < -0.4 is 14.8 Å². The molecule has 1 N–H and O–H groups in total. The minimum Gasteiger partial charge on any atom is -0.464 e. The molecule has 0 bridgehead atoms. The van der Waals surface area contributed by atoms with Crippen LogP contribution in [0.1, 0.15) is 53.4 Å². The van der Waals surface area contributed by atoms with Crippen molar-refractivity contribution in [3.63, 3.8) is 0 Å². The zero-order chi connectivity index (χ0) is 15.3. The molecule has 0 unspecified atom stereocenters. The zero-order valence-electron chi connectivity index (χ0n) is 13.5. The topological polar surface area (TPSA) is 69.2 Å². The highest BCUT2D eigenvalue weighted by molar-refractivity contribution is 5.27. The lowest BCUT2D eigenvalue weighted by Crippen LogP contribution is -2.29. The van der Waals surface area contributed by atoms with Crippen LogP contribution in [0.15, 0.2) is 0 Å². The lowest BCUT2D eigenvalue weighted by molar-refractivity contribution is 0.0895. The molecule has 21 heavy (non-hydrogen) atoms. The van der Waals surface area contributed by atoms with Crippen LogP contribution in [-0.2, 0) is 0 Å². The van der Waals surface area contributed by atoms with E-state index in [1.807, 2.05) is 13.8 Å². The second-order valence-electron chi connectivity index (χ2n) is 6.17. The van der Waals surface area contributed by atoms with E-state index in [4.69, 9.17) is 9.47 Å². The highest BCUT2D eigenvalue weighted by Crippen LogP contribution is 2.36. The highest BCUT2D eigenvalue weighted by atomic mass is 16.5. The molecule has 6 nitrogen and oxygen atoms in total. The van der Waals surface area contributed by atoms with E-state index in [1.54, 1.807) is 0 Å². The van der Waals surface area contributed by atoms with Crippen molar-refractivity contribution in [2.45, 2.75) is 59.5 Å². The molecule has 118 valence electrons. The van der Waals surface area contributed by atoms with Crippen molar-refractivity contribution in [3.05, 3.63) is 0 Å². The Kier molecular flexibility index (Phi) is 5.20. The first kappa shape index (κ1) is 15.8. The molecule has 1 aliphatic carbocycles. The van der Waals surface area contributed by atoms with Gasteiger partial charge in [-0.15, -0.1) is 4.98 Å². The Bertz CT molecular complexity index is 431. The quantitative estimate of drug-likeness (QED) is 0.869. The van der Waals surface area contributed by atoms with Crippen molar-refractivity contribution in [1.82, 2.24) is 15.0 Å². The van der Waals surface area contributed by atoms with Crippen LogP contribution in [0.2, 0.25) is 0 Å². The van der Waals surface area contributed by atoms with Crippen LogP contribution in [0.4, 0.5) is 5.95 Å². The maximum Gasteiger partial charge on any atom is 0.324 e. The third-order valence-electron chi connectivity index (χ3n) is 3.76. The summed E-state index contributed by atoms with van der Waals surface area (Å²) in [6, 6.07) is 0.670. The Morgan fingerprint density at radius 3 is 2.38 bits per heavy atom. The minimum atomic E-state index is 0.185. The molecule has 1 aromatic heterocycles. The molecule has 0 aromatic carbocycles. The summed E-state index contributed by atoms with van der Waals surface area (Å²) in [5, 5.41) is 3.07. The van der Waals surface area contributed by atoms with Crippen LogP contribution in [0.5, 0.6) is 12.0 Å². The van der Waals surface area contributed by atoms with Gasteiger partial charge in [0.1, 0.15) is 6.10 Å². The molecule has 0 amide bonds. The largest absolute Gasteiger partial charge is 0.464 e. The van der Waals surface area contributed by atoms with Gasteiger partial charge in [-0.25, -0.2) is 0 Å². The first-order chi connectivity index (χ1) is 10.0. The second-order valence-corrected chi connectivity index (χ2v) is 6.17. The van der Waals surface area contributed by atoms with Gasteiger partial charge in [0.2, 0.25) is 5.95 Å². The van der Waals surface area contributed by atoms with Gasteiger partial charge in [-0.3, -0.25) is 0 Å². The number of hydrogen-bond donors (Lipinski definition) is 1. The molecular weight excluding hydrogens is 268 g/mol. The SMILES string of the molecule is CCNc1nc(OCC)nc(OC2CCC(C)(C)CC2)n1. The summed E-state index contributed by atoms with van der Waals surface area (Å²) in [7, 11) is 0. The Morgan fingerprint density at radius 1 is 1.10 bits per heavy atom. The monoisotopic (exact) mass is 294 g/mol. The van der Waals surface area contributed by atoms with Gasteiger partial charge in [0.05, 0.1) is 6.61 Å². The smallest absolute Gasteiger partial charge is 0.324 e. The summed E-state index contributed by atoms with van der Waals surface area (Å²) in [6.45, 7) is 9.78. The predicted molar refractivity (Wildman–Crippen MR) is 81.8 cm³/mol. The normalized spacial score (nSPS) is 18.3. The molecule has 0 saturated heterocycles. The van der Waals surface area contributed by atoms with E-state index >= 15 is 0 Å². The van der Waals surface area contributed by atoms with Gasteiger partial charge in [-0.1, -0.05) is 13.8 Å². The van der Waals surface area contributed by atoms with Gasteiger partial charge in [0.15, 0.2) is 0 Å². The van der Waals surface area contributed by atoms with Gasteiger partial charge in [0, 0.05) is 6.54 Å². The lowest BCUT2D eigenvalue weighted by Gasteiger charge is -2.33. The Labute approximate surface area is 126 Å². The summed E-state index contributed by atoms with van der Waals surface area (Å²) >= 11 is 0. The molecule has 1 heterocycles. The third kappa shape index (κ3) is 4.72. The molecule has 1 saturated carbocycles. The third-order valence-corrected chi connectivity index (χ3v) is 3.76. The van der Waals surface area contributed by atoms with Crippen LogP contribution >= 0.6 is 0 Å². The van der Waals surface area contributed by atoms with Crippen molar-refractivity contribution in [1.29, 1.82) is 0 Å². The first-order valence-electron chi connectivity index (χ1n) is 7.82. The number of nitrogens with zero attached hydrogens (tertiary/aromatic N) is 3. The van der Waals surface area contributed by atoms with E-state index < -0.39 is 0 Å². The minimum absolute atomic E-state index is 0.185. The van der Waals surface area contributed by atoms with Crippen molar-refractivity contribution in [3.8, 4) is 12.0 Å². The number of rotatable bonds is 6. The lowest BCUT2D eigenvalue weighted by atomic mass is 9.76. The van der Waals surface area contributed by atoms with Crippen LogP contribution in [-0.4, -0.2) is 34.2 Å². The molecule has 1 aromatic rings. The average molecular weight is 294 g/mol. The molecule has 0 atom stereocenters. The van der Waals surface area contributed by atoms with Gasteiger partial charge in [0.25, 0.3) is 0 Å². The molecule has 0 aliphatic heterocycles. The molecular formula is C15H26N4O2. The van der Waals surface area contributed by atoms with E-state index in [1.165, 1.54) is 12.8 Å². The number of aromatic nitrogens is 3. The van der Waals surface area contributed by atoms with E-state index in [2.05, 4.69) is 34.1 Å². The highest BCUT2D eigenvalue weighted by Gasteiger charge is 2.28. The van der Waals surface area contributed by atoms with Crippen LogP contribution in [0.25, 0.3) is 0 Å². The molecule has 2 rings (SSSR count). The first-order valence-corrected chi connectivity index (χ1v) is 7.82. The number of nitrogens with one attached hydrogen (secondary N) is 1. The Hall–Kier alpha value is -1.59. The standard InChI is InChI=1S/C15H26N4O2/c1-5-16-12-17-13(20-6-2)19-14(18-12)21-11-7-9-15(3,4)10-8-11/h11H,5-10H2,1-4H3,(H,16,17,18,19). The summed E-state index contributed by atoms with van der Waals surface area (Å²) in [6.07, 6.45) is 4.60. The number of ether oxygens (including phenoxy) is 2. The van der Waals surface area contributed by atoms with Gasteiger partial charge >= 0.3 is 12.0 Å². The maximum absolute atomic E-state index is 5.94. The summed E-state index contributed by atoms with van der Waals surface area (Å²) in [4.78, 5) is 12.7. The summed E-state index contributed by atoms with van der Waals surface area (Å²) in [5.41, 5.74) is 0.421. The maximum atomic E-state index is 5.94. The number of anilines is 1. The van der Waals surface area contributed by atoms with E-state index in [0.29, 0.717) is 30.0 Å². The fourth-order valence-electron chi connectivity index (χ4n) is 2.46. The summed E-state index contributed by atoms with van der Waals surface area (Å²) in [5.74, 6) is 0.502. The summed E-state index contributed by atoms with van der Waals surface area (Å²) < 4.78 is 11.3. The Balaban J connectivity index is 2.04. The van der Waals surface area contributed by atoms with Crippen molar-refractivity contribution >= 4 is 5.95 Å². The van der Waals surface area contributed by atoms with E-state index in [0.717, 1.165) is 19.4 Å². The molecule has 0 radical (unpaired) electrons. The fraction of sp³-hybridized carbons (Fsp3) is 0.800. The van der Waals surface area contributed by atoms with Crippen LogP contribution in [0.3, 0.4) is 0 Å². The molecule has 1 fully saturated rings. The Morgan fingerprint density at radius 2 is 1.76 bits per heavy atom. The number of hydrogen-bond acceptors (Lipinski definition) is 6. The van der Waals surface area contributed by atoms with Crippen molar-refractivity contribution in [2.24, 2.45) is 5.41 Å². The van der Waals surface area contributed by atoms with Gasteiger partial charge in [-0.2, -0.15) is 9.97 Å². The fourth-order valence-corrected chi connectivity index (χ4v) is 2.46. The van der Waals surface area contributed by atoms with Crippen molar-refractivity contribution in [2.75, 3.05) is 18.5 Å². The predicted octanol–water partition coefficient (Wildman–Crippen LogP) is 3.05. The van der Waals surface area contributed by atoms with Crippen LogP contribution in [0, 0.1) is 5.41 Å². The van der Waals surface area contributed by atoms with E-state index in [9.17, 15) is 0 Å². The van der Waals surface area contributed by atoms with Gasteiger partial charge in [-0.05, 0) is 44.9 Å². The molecule has 1 aliphatic rings. The molecule has 6 heteroatoms. The van der Waals surface area contributed by atoms with Crippen molar-refractivity contribution < 1.29 is 9.47 Å². The van der Waals surface area contributed by atoms with E-state index in [-0.39, 0.29) is 6.10 Å². The molecule has 0 spiro atoms. The average Bonchev–Trinajstić information content (AvgIpc) is 2.42. The van der Waals surface area contributed by atoms with Gasteiger partial charge < -0.3 is 14.8 Å². The second kappa shape index (κ2) is 6.91.